The maximum Gasteiger partial charge on any atom is 0.341 e. The molecular formula is C9H13FN2O2. The van der Waals surface area contributed by atoms with E-state index in [4.69, 9.17) is 0 Å². The number of alkyl halides is 1. The molecule has 0 fully saturated rings. The van der Waals surface area contributed by atoms with Gasteiger partial charge in [0.05, 0.1) is 24.4 Å². The summed E-state index contributed by atoms with van der Waals surface area (Å²) in [7, 11) is 1.29. The van der Waals surface area contributed by atoms with Crippen molar-refractivity contribution in [2.45, 2.75) is 19.4 Å². The van der Waals surface area contributed by atoms with Crippen molar-refractivity contribution in [2.24, 2.45) is 0 Å². The van der Waals surface area contributed by atoms with Crippen molar-refractivity contribution in [3.05, 3.63) is 18.0 Å². The summed E-state index contributed by atoms with van der Waals surface area (Å²) in [5, 5.41) is 3.90. The summed E-state index contributed by atoms with van der Waals surface area (Å²) in [6.45, 7) is 2.84. The number of carbonyl (C=O) groups is 1. The van der Waals surface area contributed by atoms with E-state index in [1.807, 2.05) is 0 Å². The summed E-state index contributed by atoms with van der Waals surface area (Å²) >= 11 is 0. The Morgan fingerprint density at radius 2 is 2.36 bits per heavy atom. The van der Waals surface area contributed by atoms with Gasteiger partial charge in [0.2, 0.25) is 0 Å². The number of aromatic nitrogens is 2. The lowest BCUT2D eigenvalue weighted by atomic mass is 10.1. The molecular weight excluding hydrogens is 187 g/mol. The molecule has 0 aliphatic heterocycles. The molecule has 0 atom stereocenters. The molecule has 0 aliphatic rings. The molecule has 0 spiro atoms. The standard InChI is InChI=1S/C9H13FN2O2/c1-9(2,6-10)12-5-7(4-11-12)8(13)14-3/h4-5H,6H2,1-3H3. The van der Waals surface area contributed by atoms with Crippen LogP contribution >= 0.6 is 0 Å². The zero-order valence-corrected chi connectivity index (χ0v) is 8.45. The van der Waals surface area contributed by atoms with Crippen molar-refractivity contribution in [1.29, 1.82) is 0 Å². The Morgan fingerprint density at radius 1 is 1.71 bits per heavy atom. The minimum absolute atomic E-state index is 0.328. The van der Waals surface area contributed by atoms with E-state index in [9.17, 15) is 9.18 Å². The molecule has 0 aromatic carbocycles. The molecule has 0 amide bonds. The fraction of sp³-hybridized carbons (Fsp3) is 0.556. The summed E-state index contributed by atoms with van der Waals surface area (Å²) in [6.07, 6.45) is 2.84. The maximum absolute atomic E-state index is 12.6. The molecule has 1 aromatic heterocycles. The van der Waals surface area contributed by atoms with Crippen LogP contribution in [0.2, 0.25) is 0 Å². The highest BCUT2D eigenvalue weighted by Crippen LogP contribution is 2.15. The van der Waals surface area contributed by atoms with Crippen molar-refractivity contribution >= 4 is 5.97 Å². The van der Waals surface area contributed by atoms with Gasteiger partial charge >= 0.3 is 5.97 Å². The van der Waals surface area contributed by atoms with Crippen LogP contribution in [0, 0.1) is 0 Å². The van der Waals surface area contributed by atoms with Gasteiger partial charge in [-0.15, -0.1) is 0 Å². The molecule has 14 heavy (non-hydrogen) atoms. The monoisotopic (exact) mass is 200 g/mol. The summed E-state index contributed by atoms with van der Waals surface area (Å²) in [5.74, 6) is -0.467. The van der Waals surface area contributed by atoms with Crippen LogP contribution in [0.1, 0.15) is 24.2 Å². The minimum Gasteiger partial charge on any atom is -0.465 e. The average Bonchev–Trinajstić information content (AvgIpc) is 2.66. The van der Waals surface area contributed by atoms with Gasteiger partial charge in [-0.1, -0.05) is 0 Å². The molecule has 1 rings (SSSR count). The van der Waals surface area contributed by atoms with E-state index >= 15 is 0 Å². The minimum atomic E-state index is -0.730. The van der Waals surface area contributed by atoms with E-state index in [1.165, 1.54) is 24.2 Å². The van der Waals surface area contributed by atoms with E-state index in [1.54, 1.807) is 13.8 Å². The molecule has 1 heterocycles. The first-order chi connectivity index (χ1) is 6.51. The highest BCUT2D eigenvalue weighted by molar-refractivity contribution is 5.88. The summed E-state index contributed by atoms with van der Waals surface area (Å²) in [6, 6.07) is 0. The Kier molecular flexibility index (Phi) is 2.88. The van der Waals surface area contributed by atoms with Gasteiger partial charge in [0.15, 0.2) is 0 Å². The highest BCUT2D eigenvalue weighted by atomic mass is 19.1. The molecule has 0 N–H and O–H groups in total. The van der Waals surface area contributed by atoms with Gasteiger partial charge < -0.3 is 4.74 Å². The maximum atomic E-state index is 12.6. The van der Waals surface area contributed by atoms with Crippen LogP contribution in [0.3, 0.4) is 0 Å². The molecule has 78 valence electrons. The van der Waals surface area contributed by atoms with E-state index in [-0.39, 0.29) is 0 Å². The van der Waals surface area contributed by atoms with E-state index in [0.717, 1.165) is 0 Å². The smallest absolute Gasteiger partial charge is 0.341 e. The second-order valence-electron chi connectivity index (χ2n) is 3.61. The number of carbonyl (C=O) groups excluding carboxylic acids is 1. The van der Waals surface area contributed by atoms with Crippen molar-refractivity contribution < 1.29 is 13.9 Å². The van der Waals surface area contributed by atoms with Gasteiger partial charge in [-0.05, 0) is 13.8 Å². The molecule has 0 saturated heterocycles. The highest BCUT2D eigenvalue weighted by Gasteiger charge is 2.22. The topological polar surface area (TPSA) is 44.1 Å². The van der Waals surface area contributed by atoms with Crippen LogP contribution in [0.4, 0.5) is 4.39 Å². The lowest BCUT2D eigenvalue weighted by Gasteiger charge is -2.20. The number of esters is 1. The molecule has 5 heteroatoms. The molecule has 4 nitrogen and oxygen atoms in total. The number of methoxy groups -OCH3 is 1. The third kappa shape index (κ3) is 1.92. The second kappa shape index (κ2) is 3.77. The Balaban J connectivity index is 2.93. The quantitative estimate of drug-likeness (QED) is 0.692. The van der Waals surface area contributed by atoms with Crippen molar-refractivity contribution in [3.63, 3.8) is 0 Å². The fourth-order valence-electron chi connectivity index (χ4n) is 0.938. The first-order valence-electron chi connectivity index (χ1n) is 4.20. The van der Waals surface area contributed by atoms with Crippen molar-refractivity contribution in [2.75, 3.05) is 13.8 Å². The average molecular weight is 200 g/mol. The Bertz CT molecular complexity index is 333. The Labute approximate surface area is 81.7 Å². The second-order valence-corrected chi connectivity index (χ2v) is 3.61. The van der Waals surface area contributed by atoms with Crippen LogP contribution in [0.15, 0.2) is 12.4 Å². The largest absolute Gasteiger partial charge is 0.465 e. The Hall–Kier alpha value is -1.39. The first kappa shape index (κ1) is 10.7. The zero-order chi connectivity index (χ0) is 10.8. The van der Waals surface area contributed by atoms with Gasteiger partial charge in [-0.2, -0.15) is 5.10 Å². The Morgan fingerprint density at radius 3 is 2.86 bits per heavy atom. The van der Waals surface area contributed by atoms with E-state index in [2.05, 4.69) is 9.84 Å². The first-order valence-corrected chi connectivity index (χ1v) is 4.20. The number of hydrogen-bond acceptors (Lipinski definition) is 3. The van der Waals surface area contributed by atoms with Gasteiger partial charge in [-0.25, -0.2) is 9.18 Å². The van der Waals surface area contributed by atoms with Crippen LogP contribution < -0.4 is 0 Å². The third-order valence-electron chi connectivity index (χ3n) is 1.95. The van der Waals surface area contributed by atoms with Gasteiger partial charge in [0.1, 0.15) is 6.67 Å². The molecule has 0 bridgehead atoms. The fourth-order valence-corrected chi connectivity index (χ4v) is 0.938. The molecule has 1 aromatic rings. The number of halogens is 1. The summed E-state index contributed by atoms with van der Waals surface area (Å²) in [4.78, 5) is 11.1. The summed E-state index contributed by atoms with van der Waals surface area (Å²) < 4.78 is 18.5. The van der Waals surface area contributed by atoms with Gasteiger partial charge in [0, 0.05) is 6.20 Å². The molecule has 0 aliphatic carbocycles. The molecule has 0 radical (unpaired) electrons. The van der Waals surface area contributed by atoms with Crippen LogP contribution in [0.25, 0.3) is 0 Å². The lowest BCUT2D eigenvalue weighted by molar-refractivity contribution is 0.0600. The number of hydrogen-bond donors (Lipinski definition) is 0. The van der Waals surface area contributed by atoms with Crippen LogP contribution in [-0.2, 0) is 10.3 Å². The predicted octanol–water partition coefficient (Wildman–Crippen LogP) is 1.37. The zero-order valence-electron chi connectivity index (χ0n) is 8.45. The number of nitrogens with zero attached hydrogens (tertiary/aromatic N) is 2. The molecule has 0 saturated carbocycles. The SMILES string of the molecule is COC(=O)c1cnn(C(C)(C)CF)c1. The van der Waals surface area contributed by atoms with Crippen LogP contribution in [-0.4, -0.2) is 29.5 Å². The van der Waals surface area contributed by atoms with Crippen molar-refractivity contribution in [1.82, 2.24) is 9.78 Å². The predicted molar refractivity (Wildman–Crippen MR) is 48.9 cm³/mol. The number of rotatable bonds is 3. The van der Waals surface area contributed by atoms with Crippen LogP contribution in [0.5, 0.6) is 0 Å². The van der Waals surface area contributed by atoms with Gasteiger partial charge in [0.25, 0.3) is 0 Å². The summed E-state index contributed by atoms with van der Waals surface area (Å²) in [5.41, 5.74) is -0.402. The molecule has 0 unspecified atom stereocenters. The lowest BCUT2D eigenvalue weighted by Crippen LogP contribution is -2.29. The van der Waals surface area contributed by atoms with Gasteiger partial charge in [-0.3, -0.25) is 4.68 Å². The normalized spacial score (nSPS) is 11.4. The third-order valence-corrected chi connectivity index (χ3v) is 1.95. The van der Waals surface area contributed by atoms with E-state index in [0.29, 0.717) is 5.56 Å². The number of ether oxygens (including phenoxy) is 1. The van der Waals surface area contributed by atoms with Crippen molar-refractivity contribution in [3.8, 4) is 0 Å². The van der Waals surface area contributed by atoms with E-state index < -0.39 is 18.2 Å².